The minimum Gasteiger partial charge on any atom is -0.380 e. The maximum atomic E-state index is 12.3. The van der Waals surface area contributed by atoms with E-state index in [0.29, 0.717) is 30.9 Å². The van der Waals surface area contributed by atoms with E-state index in [0.717, 1.165) is 12.8 Å². The minimum atomic E-state index is -0.453. The third-order valence-electron chi connectivity index (χ3n) is 3.17. The van der Waals surface area contributed by atoms with Gasteiger partial charge in [-0.1, -0.05) is 13.8 Å². The van der Waals surface area contributed by atoms with Crippen LogP contribution in [-0.2, 0) is 0 Å². The second-order valence-corrected chi connectivity index (χ2v) is 4.80. The molecule has 1 aromatic carbocycles. The molecule has 0 aliphatic carbocycles. The fourth-order valence-electron chi connectivity index (χ4n) is 2.08. The number of nitrogens with zero attached hydrogens (tertiary/aromatic N) is 2. The summed E-state index contributed by atoms with van der Waals surface area (Å²) >= 11 is 0. The van der Waals surface area contributed by atoms with Crippen LogP contribution in [0.25, 0.3) is 0 Å². The molecule has 0 heterocycles. The number of amides is 1. The lowest BCUT2D eigenvalue weighted by molar-refractivity contribution is -0.384. The van der Waals surface area contributed by atoms with Gasteiger partial charge in [-0.05, 0) is 31.9 Å². The van der Waals surface area contributed by atoms with E-state index in [-0.39, 0.29) is 11.6 Å². The number of nitro benzene ring substituents is 1. The first kappa shape index (κ1) is 16.9. The molecule has 1 rings (SSSR count). The highest BCUT2D eigenvalue weighted by Crippen LogP contribution is 2.26. The van der Waals surface area contributed by atoms with E-state index in [9.17, 15) is 14.9 Å². The van der Waals surface area contributed by atoms with Crippen LogP contribution < -0.4 is 5.32 Å². The number of rotatable bonds is 8. The summed E-state index contributed by atoms with van der Waals surface area (Å²) in [6.45, 7) is 7.79. The van der Waals surface area contributed by atoms with Crippen LogP contribution in [0.15, 0.2) is 18.2 Å². The third-order valence-corrected chi connectivity index (χ3v) is 3.17. The van der Waals surface area contributed by atoms with Crippen molar-refractivity contribution in [2.75, 3.05) is 25.0 Å². The van der Waals surface area contributed by atoms with Crippen LogP contribution in [0, 0.1) is 10.1 Å². The van der Waals surface area contributed by atoms with Crippen molar-refractivity contribution in [3.05, 3.63) is 33.9 Å². The van der Waals surface area contributed by atoms with E-state index >= 15 is 0 Å². The Morgan fingerprint density at radius 1 is 1.29 bits per heavy atom. The average molecular weight is 293 g/mol. The molecule has 116 valence electrons. The van der Waals surface area contributed by atoms with Gasteiger partial charge >= 0.3 is 0 Å². The molecule has 6 nitrogen and oxygen atoms in total. The lowest BCUT2D eigenvalue weighted by Crippen LogP contribution is -2.31. The molecule has 0 fully saturated rings. The van der Waals surface area contributed by atoms with Gasteiger partial charge in [0.1, 0.15) is 5.69 Å². The molecule has 0 spiro atoms. The van der Waals surface area contributed by atoms with Gasteiger partial charge in [0.05, 0.1) is 4.92 Å². The summed E-state index contributed by atoms with van der Waals surface area (Å²) in [6.07, 6.45) is 1.73. The fourth-order valence-corrected chi connectivity index (χ4v) is 2.08. The van der Waals surface area contributed by atoms with Crippen molar-refractivity contribution in [3.8, 4) is 0 Å². The predicted octanol–water partition coefficient (Wildman–Crippen LogP) is 3.29. The van der Waals surface area contributed by atoms with E-state index in [1.165, 1.54) is 6.07 Å². The Labute approximate surface area is 125 Å². The molecule has 1 amide bonds. The van der Waals surface area contributed by atoms with Crippen LogP contribution >= 0.6 is 0 Å². The maximum Gasteiger partial charge on any atom is 0.293 e. The zero-order valence-corrected chi connectivity index (χ0v) is 12.9. The summed E-state index contributed by atoms with van der Waals surface area (Å²) in [6, 6.07) is 4.62. The minimum absolute atomic E-state index is 0.0538. The molecule has 6 heteroatoms. The molecule has 0 unspecified atom stereocenters. The molecule has 0 saturated carbocycles. The van der Waals surface area contributed by atoms with Gasteiger partial charge in [0, 0.05) is 31.3 Å². The number of anilines is 1. The summed E-state index contributed by atoms with van der Waals surface area (Å²) in [5.41, 5.74) is 0.762. The molecular weight excluding hydrogens is 270 g/mol. The van der Waals surface area contributed by atoms with Crippen molar-refractivity contribution in [2.45, 2.75) is 33.6 Å². The number of hydrogen-bond acceptors (Lipinski definition) is 4. The van der Waals surface area contributed by atoms with Gasteiger partial charge in [0.25, 0.3) is 11.6 Å². The van der Waals surface area contributed by atoms with E-state index in [1.54, 1.807) is 17.0 Å². The van der Waals surface area contributed by atoms with Crippen LogP contribution in [-0.4, -0.2) is 35.4 Å². The SMILES string of the molecule is CCCNc1ccc(C(=O)N(CC)CCC)cc1[N+](=O)[O-]. The highest BCUT2D eigenvalue weighted by atomic mass is 16.6. The lowest BCUT2D eigenvalue weighted by atomic mass is 10.1. The first-order chi connectivity index (χ1) is 10.0. The summed E-state index contributed by atoms with van der Waals surface area (Å²) in [5, 5.41) is 14.2. The quantitative estimate of drug-likeness (QED) is 0.589. The highest BCUT2D eigenvalue weighted by Gasteiger charge is 2.20. The average Bonchev–Trinajstić information content (AvgIpc) is 2.49. The van der Waals surface area contributed by atoms with E-state index in [1.807, 2.05) is 20.8 Å². The third kappa shape index (κ3) is 4.44. The van der Waals surface area contributed by atoms with Crippen LogP contribution in [0.4, 0.5) is 11.4 Å². The topological polar surface area (TPSA) is 75.5 Å². The van der Waals surface area contributed by atoms with Gasteiger partial charge in [-0.2, -0.15) is 0 Å². The van der Waals surface area contributed by atoms with Crippen LogP contribution in [0.1, 0.15) is 44.0 Å². The van der Waals surface area contributed by atoms with Crippen LogP contribution in [0.3, 0.4) is 0 Å². The molecule has 1 aromatic rings. The molecule has 0 aliphatic heterocycles. The lowest BCUT2D eigenvalue weighted by Gasteiger charge is -2.20. The second kappa shape index (κ2) is 8.24. The Bertz CT molecular complexity index is 503. The van der Waals surface area contributed by atoms with Crippen molar-refractivity contribution in [2.24, 2.45) is 0 Å². The zero-order chi connectivity index (χ0) is 15.8. The normalized spacial score (nSPS) is 10.2. The predicted molar refractivity (Wildman–Crippen MR) is 83.7 cm³/mol. The van der Waals surface area contributed by atoms with Gasteiger partial charge in [-0.25, -0.2) is 0 Å². The fraction of sp³-hybridized carbons (Fsp3) is 0.533. The first-order valence-electron chi connectivity index (χ1n) is 7.36. The summed E-state index contributed by atoms with van der Waals surface area (Å²) < 4.78 is 0. The molecule has 21 heavy (non-hydrogen) atoms. The monoisotopic (exact) mass is 293 g/mol. The van der Waals surface area contributed by atoms with E-state index < -0.39 is 4.92 Å². The van der Waals surface area contributed by atoms with E-state index in [2.05, 4.69) is 5.32 Å². The van der Waals surface area contributed by atoms with Gasteiger partial charge in [0.2, 0.25) is 0 Å². The number of carbonyl (C=O) groups excluding carboxylic acids is 1. The number of nitrogens with one attached hydrogen (secondary N) is 1. The smallest absolute Gasteiger partial charge is 0.293 e. The summed E-state index contributed by atoms with van der Waals surface area (Å²) in [4.78, 5) is 24.8. The molecular formula is C15H23N3O3. The van der Waals surface area contributed by atoms with Gasteiger partial charge in [0.15, 0.2) is 0 Å². The Balaban J connectivity index is 3.06. The van der Waals surface area contributed by atoms with Gasteiger partial charge < -0.3 is 10.2 Å². The number of nitro groups is 1. The Kier molecular flexibility index (Phi) is 6.65. The standard InChI is InChI=1S/C15H23N3O3/c1-4-9-16-13-8-7-12(11-14(13)18(20)21)15(19)17(6-3)10-5-2/h7-8,11,16H,4-6,9-10H2,1-3H3. The summed E-state index contributed by atoms with van der Waals surface area (Å²) in [5.74, 6) is -0.163. The second-order valence-electron chi connectivity index (χ2n) is 4.80. The van der Waals surface area contributed by atoms with Crippen molar-refractivity contribution in [1.29, 1.82) is 0 Å². The van der Waals surface area contributed by atoms with E-state index in [4.69, 9.17) is 0 Å². The van der Waals surface area contributed by atoms with Crippen molar-refractivity contribution < 1.29 is 9.72 Å². The molecule has 0 aromatic heterocycles. The van der Waals surface area contributed by atoms with Gasteiger partial charge in [-0.15, -0.1) is 0 Å². The highest BCUT2D eigenvalue weighted by molar-refractivity contribution is 5.95. The van der Waals surface area contributed by atoms with Crippen molar-refractivity contribution >= 4 is 17.3 Å². The maximum absolute atomic E-state index is 12.3. The molecule has 0 atom stereocenters. The zero-order valence-electron chi connectivity index (χ0n) is 12.9. The molecule has 0 radical (unpaired) electrons. The number of benzene rings is 1. The first-order valence-corrected chi connectivity index (χ1v) is 7.36. The van der Waals surface area contributed by atoms with Crippen LogP contribution in [0.5, 0.6) is 0 Å². The number of carbonyl (C=O) groups is 1. The Morgan fingerprint density at radius 2 is 2.00 bits per heavy atom. The van der Waals surface area contributed by atoms with Crippen molar-refractivity contribution in [1.82, 2.24) is 4.90 Å². The van der Waals surface area contributed by atoms with Crippen molar-refractivity contribution in [3.63, 3.8) is 0 Å². The Morgan fingerprint density at radius 3 is 2.52 bits per heavy atom. The summed E-state index contributed by atoms with van der Waals surface area (Å²) in [7, 11) is 0. The molecule has 0 bridgehead atoms. The number of hydrogen-bond donors (Lipinski definition) is 1. The molecule has 1 N–H and O–H groups in total. The molecule has 0 aliphatic rings. The van der Waals surface area contributed by atoms with Crippen LogP contribution in [0.2, 0.25) is 0 Å². The van der Waals surface area contributed by atoms with Gasteiger partial charge in [-0.3, -0.25) is 14.9 Å². The molecule has 0 saturated heterocycles. The Hall–Kier alpha value is -2.11. The largest absolute Gasteiger partial charge is 0.380 e.